The first-order chi connectivity index (χ1) is 17.5. The second-order valence-electron chi connectivity index (χ2n) is 8.97. The van der Waals surface area contributed by atoms with Crippen molar-refractivity contribution >= 4 is 11.5 Å². The van der Waals surface area contributed by atoms with Crippen LogP contribution in [0.2, 0.25) is 0 Å². The molecule has 0 saturated carbocycles. The fraction of sp³-hybridized carbons (Fsp3) is 0.375. The van der Waals surface area contributed by atoms with E-state index in [1.54, 1.807) is 4.90 Å². The molecule has 198 valence electrons. The average molecular weight is 523 g/mol. The Hall–Kier alpha value is -3.71. The van der Waals surface area contributed by atoms with E-state index in [0.29, 0.717) is 24.2 Å². The summed E-state index contributed by atoms with van der Waals surface area (Å²) in [6, 6.07) is 4.74. The van der Waals surface area contributed by atoms with Gasteiger partial charge in [0.15, 0.2) is 11.6 Å². The lowest BCUT2D eigenvalue weighted by Gasteiger charge is -2.44. The summed E-state index contributed by atoms with van der Waals surface area (Å²) in [6.45, 7) is 0.221. The maximum Gasteiger partial charge on any atom is 0.349 e. The number of benzene rings is 1. The third-order valence-electron chi connectivity index (χ3n) is 6.44. The van der Waals surface area contributed by atoms with Gasteiger partial charge in [-0.3, -0.25) is 9.55 Å². The first-order valence-electron chi connectivity index (χ1n) is 11.4. The summed E-state index contributed by atoms with van der Waals surface area (Å²) in [5, 5.41) is 10.1. The van der Waals surface area contributed by atoms with Crippen molar-refractivity contribution < 1.29 is 27.4 Å². The van der Waals surface area contributed by atoms with Crippen LogP contribution in [0.25, 0.3) is 11.3 Å². The number of nitrogens with two attached hydrogens (primary N) is 2. The number of pyridine rings is 1. The molecule has 3 aromatic rings. The van der Waals surface area contributed by atoms with E-state index in [2.05, 4.69) is 9.97 Å². The van der Waals surface area contributed by atoms with E-state index in [4.69, 9.17) is 16.2 Å². The van der Waals surface area contributed by atoms with Crippen LogP contribution in [0.1, 0.15) is 18.4 Å². The lowest BCUT2D eigenvalue weighted by molar-refractivity contribution is -0.0529. The van der Waals surface area contributed by atoms with Crippen molar-refractivity contribution in [2.45, 2.75) is 37.5 Å². The van der Waals surface area contributed by atoms with Crippen LogP contribution in [-0.2, 0) is 6.54 Å². The topological polar surface area (TPSA) is 133 Å². The Morgan fingerprint density at radius 2 is 2.00 bits per heavy atom. The van der Waals surface area contributed by atoms with Gasteiger partial charge in [-0.05, 0) is 36.6 Å². The van der Waals surface area contributed by atoms with Gasteiger partial charge in [0.25, 0.3) is 6.43 Å². The van der Waals surface area contributed by atoms with E-state index >= 15 is 0 Å². The van der Waals surface area contributed by atoms with E-state index in [1.165, 1.54) is 36.2 Å². The van der Waals surface area contributed by atoms with E-state index in [-0.39, 0.29) is 42.3 Å². The zero-order valence-corrected chi connectivity index (χ0v) is 19.9. The minimum Gasteiger partial charge on any atom is -0.494 e. The fourth-order valence-electron chi connectivity index (χ4n) is 4.49. The predicted molar refractivity (Wildman–Crippen MR) is 129 cm³/mol. The van der Waals surface area contributed by atoms with Crippen LogP contribution in [0.15, 0.2) is 41.5 Å². The number of hydrogen-bond donors (Lipinski definition) is 3. The molecule has 0 unspecified atom stereocenters. The molecule has 2 aromatic heterocycles. The number of rotatable bonds is 7. The lowest BCUT2D eigenvalue weighted by Crippen LogP contribution is -2.63. The average Bonchev–Trinajstić information content (AvgIpc) is 2.86. The molecule has 1 aromatic carbocycles. The third-order valence-corrected chi connectivity index (χ3v) is 6.44. The fourth-order valence-corrected chi connectivity index (χ4v) is 4.49. The molecular weight excluding hydrogens is 496 g/mol. The number of aliphatic hydroxyl groups excluding tert-OH is 1. The van der Waals surface area contributed by atoms with Crippen LogP contribution < -0.4 is 26.8 Å². The molecule has 0 amide bonds. The van der Waals surface area contributed by atoms with Crippen LogP contribution in [0, 0.1) is 11.6 Å². The number of nitrogens with zero attached hydrogens (tertiary/aromatic N) is 4. The van der Waals surface area contributed by atoms with Crippen LogP contribution in [0.4, 0.5) is 29.1 Å². The van der Waals surface area contributed by atoms with Crippen molar-refractivity contribution in [3.05, 3.63) is 64.3 Å². The normalized spacial score (nSPS) is 18.8. The monoisotopic (exact) mass is 522 g/mol. The van der Waals surface area contributed by atoms with Gasteiger partial charge in [-0.25, -0.2) is 22.4 Å². The molecule has 37 heavy (non-hydrogen) atoms. The number of hydrogen-bond acceptors (Lipinski definition) is 8. The quantitative estimate of drug-likeness (QED) is 0.402. The molecule has 3 heterocycles. The number of anilines is 2. The Balaban J connectivity index is 1.80. The minimum atomic E-state index is -3.03. The van der Waals surface area contributed by atoms with Crippen LogP contribution >= 0.6 is 0 Å². The smallest absolute Gasteiger partial charge is 0.349 e. The van der Waals surface area contributed by atoms with Gasteiger partial charge in [-0.15, -0.1) is 0 Å². The van der Waals surface area contributed by atoms with Gasteiger partial charge in [0, 0.05) is 30.9 Å². The van der Waals surface area contributed by atoms with E-state index < -0.39 is 35.4 Å². The van der Waals surface area contributed by atoms with Crippen molar-refractivity contribution in [1.82, 2.24) is 14.5 Å². The summed E-state index contributed by atoms with van der Waals surface area (Å²) in [6.07, 6.45) is -1.70. The predicted octanol–water partition coefficient (Wildman–Crippen LogP) is 2.15. The molecule has 0 spiro atoms. The van der Waals surface area contributed by atoms with Crippen molar-refractivity contribution in [1.29, 1.82) is 0 Å². The van der Waals surface area contributed by atoms with Gasteiger partial charge < -0.3 is 26.2 Å². The number of ether oxygens (including phenoxy) is 1. The van der Waals surface area contributed by atoms with Crippen molar-refractivity contribution in [2.75, 3.05) is 30.8 Å². The number of nitrogen functional groups attached to an aromatic ring is 1. The maximum atomic E-state index is 14.8. The number of halogens is 4. The Kier molecular flexibility index (Phi) is 7.37. The molecule has 0 bridgehead atoms. The number of aliphatic hydroxyl groups is 1. The molecule has 1 fully saturated rings. The lowest BCUT2D eigenvalue weighted by atomic mass is 9.84. The zero-order valence-electron chi connectivity index (χ0n) is 19.9. The van der Waals surface area contributed by atoms with Crippen molar-refractivity contribution in [3.63, 3.8) is 0 Å². The van der Waals surface area contributed by atoms with Crippen LogP contribution in [0.3, 0.4) is 0 Å². The summed E-state index contributed by atoms with van der Waals surface area (Å²) in [5.41, 5.74) is 10.3. The number of methoxy groups -OCH3 is 1. The number of aromatic nitrogens is 3. The molecular formula is C24H26F4N6O3. The van der Waals surface area contributed by atoms with Crippen LogP contribution in [-0.4, -0.2) is 57.9 Å². The largest absolute Gasteiger partial charge is 0.494 e. The molecule has 4 rings (SSSR count). The third kappa shape index (κ3) is 5.37. The van der Waals surface area contributed by atoms with Crippen molar-refractivity contribution in [2.24, 2.45) is 5.73 Å². The summed E-state index contributed by atoms with van der Waals surface area (Å²) in [7, 11) is 1.21. The SMILES string of the molecule is COc1cc(F)c(-c2cc(Cn3ccc(N)nc3=O)c(N3CCC[C@](N)([C@H](O)C(F)F)C3)cn2)cc1F. The number of piperidine rings is 1. The molecule has 1 saturated heterocycles. The Labute approximate surface area is 209 Å². The standard InChI is InChI=1S/C24H26F4N6O3/c1-37-19-9-15(25)14(8-16(19)26)17-7-13(11-33-6-3-20(29)32-23(33)36)18(10-31-17)34-5-2-4-24(30,12-34)21(35)22(27)28/h3,6-10,21-22,35H,2,4-5,11-12,30H2,1H3,(H2,29,32,36)/t21-,24-/m1/s1. The van der Waals surface area contributed by atoms with Gasteiger partial charge in [-0.2, -0.15) is 4.98 Å². The summed E-state index contributed by atoms with van der Waals surface area (Å²) >= 11 is 0. The molecule has 0 radical (unpaired) electrons. The highest BCUT2D eigenvalue weighted by atomic mass is 19.3. The highest BCUT2D eigenvalue weighted by Crippen LogP contribution is 2.34. The number of alkyl halides is 2. The Bertz CT molecular complexity index is 1350. The maximum absolute atomic E-state index is 14.8. The van der Waals surface area contributed by atoms with E-state index in [1.807, 2.05) is 0 Å². The summed E-state index contributed by atoms with van der Waals surface area (Å²) in [5.74, 6) is -1.83. The molecule has 9 nitrogen and oxygen atoms in total. The first kappa shape index (κ1) is 26.4. The van der Waals surface area contributed by atoms with Crippen LogP contribution in [0.5, 0.6) is 5.75 Å². The highest BCUT2D eigenvalue weighted by Gasteiger charge is 2.43. The molecule has 13 heteroatoms. The van der Waals surface area contributed by atoms with E-state index in [0.717, 1.165) is 12.1 Å². The molecule has 1 aliphatic heterocycles. The zero-order chi connectivity index (χ0) is 26.9. The summed E-state index contributed by atoms with van der Waals surface area (Å²) in [4.78, 5) is 22.1. The molecule has 1 aliphatic rings. The Morgan fingerprint density at radius 3 is 2.68 bits per heavy atom. The minimum absolute atomic E-state index is 0.0256. The Morgan fingerprint density at radius 1 is 1.24 bits per heavy atom. The molecule has 0 aliphatic carbocycles. The molecule has 5 N–H and O–H groups in total. The second-order valence-corrected chi connectivity index (χ2v) is 8.97. The first-order valence-corrected chi connectivity index (χ1v) is 11.4. The van der Waals surface area contributed by atoms with Gasteiger partial charge >= 0.3 is 5.69 Å². The second kappa shape index (κ2) is 10.3. The van der Waals surface area contributed by atoms with Gasteiger partial charge in [0.1, 0.15) is 17.7 Å². The summed E-state index contributed by atoms with van der Waals surface area (Å²) < 4.78 is 61.8. The highest BCUT2D eigenvalue weighted by molar-refractivity contribution is 5.66. The van der Waals surface area contributed by atoms with Gasteiger partial charge in [-0.1, -0.05) is 0 Å². The van der Waals surface area contributed by atoms with Gasteiger partial charge in [0.2, 0.25) is 0 Å². The van der Waals surface area contributed by atoms with Gasteiger partial charge in [0.05, 0.1) is 36.8 Å². The van der Waals surface area contributed by atoms with E-state index in [9.17, 15) is 27.5 Å². The van der Waals surface area contributed by atoms with Crippen molar-refractivity contribution in [3.8, 4) is 17.0 Å². The molecule has 2 atom stereocenters.